The molecule has 26 heavy (non-hydrogen) atoms. The Labute approximate surface area is 149 Å². The Morgan fingerprint density at radius 2 is 1.81 bits per heavy atom. The lowest BCUT2D eigenvalue weighted by atomic mass is 10.1. The summed E-state index contributed by atoms with van der Waals surface area (Å²) in [6.45, 7) is 1.55. The molecule has 0 saturated carbocycles. The number of carbonyl (C=O) groups is 2. The van der Waals surface area contributed by atoms with Crippen LogP contribution in [-0.4, -0.2) is 34.8 Å². The average Bonchev–Trinajstić information content (AvgIpc) is 3.20. The van der Waals surface area contributed by atoms with E-state index in [9.17, 15) is 19.7 Å². The maximum atomic E-state index is 12.5. The van der Waals surface area contributed by atoms with Crippen molar-refractivity contribution in [2.75, 3.05) is 18.0 Å². The van der Waals surface area contributed by atoms with E-state index in [2.05, 4.69) is 15.8 Å². The summed E-state index contributed by atoms with van der Waals surface area (Å²) in [5.74, 6) is -1.20. The topological polar surface area (TPSA) is 117 Å². The molecular formula is C17H17N5O4. The number of nitro benzene ring substituents is 1. The number of amides is 2. The Morgan fingerprint density at radius 3 is 2.46 bits per heavy atom. The highest BCUT2D eigenvalue weighted by molar-refractivity contribution is 6.02. The van der Waals surface area contributed by atoms with E-state index in [0.29, 0.717) is 5.69 Å². The standard InChI is InChI=1S/C17H17N5O4/c23-16(19-20-17(24)14-5-1-2-8-18-14)13-11-12(22(25)26)6-7-15(13)21-9-3-4-10-21/h1-2,5-8,11H,3-4,9-10H2,(H,19,23)(H,20,24). The monoisotopic (exact) mass is 355 g/mol. The largest absolute Gasteiger partial charge is 0.371 e. The maximum Gasteiger partial charge on any atom is 0.288 e. The Balaban J connectivity index is 1.79. The van der Waals surface area contributed by atoms with Crippen LogP contribution in [0.1, 0.15) is 33.7 Å². The first-order valence-electron chi connectivity index (χ1n) is 8.11. The normalized spacial score (nSPS) is 13.3. The fraction of sp³-hybridized carbons (Fsp3) is 0.235. The molecule has 1 saturated heterocycles. The summed E-state index contributed by atoms with van der Waals surface area (Å²) >= 11 is 0. The highest BCUT2D eigenvalue weighted by Gasteiger charge is 2.23. The summed E-state index contributed by atoms with van der Waals surface area (Å²) < 4.78 is 0. The number of aromatic nitrogens is 1. The fourth-order valence-corrected chi connectivity index (χ4v) is 2.80. The van der Waals surface area contributed by atoms with Crippen molar-refractivity contribution in [1.29, 1.82) is 0 Å². The van der Waals surface area contributed by atoms with Crippen molar-refractivity contribution in [2.45, 2.75) is 12.8 Å². The number of hydrazine groups is 1. The second kappa shape index (κ2) is 7.60. The second-order valence-electron chi connectivity index (χ2n) is 5.78. The first kappa shape index (κ1) is 17.3. The van der Waals surface area contributed by atoms with Crippen LogP contribution in [0.5, 0.6) is 0 Å². The summed E-state index contributed by atoms with van der Waals surface area (Å²) in [6.07, 6.45) is 3.45. The van der Waals surface area contributed by atoms with E-state index >= 15 is 0 Å². The predicted molar refractivity (Wildman–Crippen MR) is 93.7 cm³/mol. The van der Waals surface area contributed by atoms with Gasteiger partial charge in [0.2, 0.25) is 0 Å². The molecule has 0 bridgehead atoms. The van der Waals surface area contributed by atoms with Gasteiger partial charge < -0.3 is 4.90 Å². The van der Waals surface area contributed by atoms with Crippen molar-refractivity contribution in [3.8, 4) is 0 Å². The summed E-state index contributed by atoms with van der Waals surface area (Å²) in [7, 11) is 0. The third kappa shape index (κ3) is 3.77. The summed E-state index contributed by atoms with van der Waals surface area (Å²) in [5, 5.41) is 11.0. The highest BCUT2D eigenvalue weighted by atomic mass is 16.6. The molecule has 2 N–H and O–H groups in total. The van der Waals surface area contributed by atoms with Gasteiger partial charge in [0, 0.05) is 31.4 Å². The minimum atomic E-state index is -0.625. The smallest absolute Gasteiger partial charge is 0.288 e. The maximum absolute atomic E-state index is 12.5. The van der Waals surface area contributed by atoms with E-state index < -0.39 is 16.7 Å². The molecule has 0 radical (unpaired) electrons. The van der Waals surface area contributed by atoms with Crippen molar-refractivity contribution in [3.63, 3.8) is 0 Å². The van der Waals surface area contributed by atoms with E-state index in [4.69, 9.17) is 0 Å². The zero-order chi connectivity index (χ0) is 18.5. The molecular weight excluding hydrogens is 338 g/mol. The number of nitro groups is 1. The molecule has 2 amide bonds. The van der Waals surface area contributed by atoms with Gasteiger partial charge in [-0.15, -0.1) is 0 Å². The van der Waals surface area contributed by atoms with E-state index in [1.54, 1.807) is 18.2 Å². The number of carbonyl (C=O) groups excluding carboxylic acids is 2. The first-order chi connectivity index (χ1) is 12.6. The second-order valence-corrected chi connectivity index (χ2v) is 5.78. The molecule has 1 aliphatic rings. The number of benzene rings is 1. The number of nitrogens with zero attached hydrogens (tertiary/aromatic N) is 3. The van der Waals surface area contributed by atoms with Gasteiger partial charge in [-0.3, -0.25) is 35.5 Å². The number of non-ortho nitro benzene ring substituents is 1. The lowest BCUT2D eigenvalue weighted by molar-refractivity contribution is -0.384. The van der Waals surface area contributed by atoms with Gasteiger partial charge in [0.25, 0.3) is 17.5 Å². The van der Waals surface area contributed by atoms with Crippen LogP contribution in [0.3, 0.4) is 0 Å². The van der Waals surface area contributed by atoms with E-state index in [0.717, 1.165) is 25.9 Å². The molecule has 0 spiro atoms. The Kier molecular flexibility index (Phi) is 5.07. The van der Waals surface area contributed by atoms with Gasteiger partial charge in [0.05, 0.1) is 16.2 Å². The van der Waals surface area contributed by atoms with Crippen LogP contribution in [0.4, 0.5) is 11.4 Å². The molecule has 9 heteroatoms. The van der Waals surface area contributed by atoms with Crippen molar-refractivity contribution in [2.24, 2.45) is 0 Å². The molecule has 2 heterocycles. The molecule has 1 aromatic carbocycles. The highest BCUT2D eigenvalue weighted by Crippen LogP contribution is 2.28. The van der Waals surface area contributed by atoms with Crippen molar-refractivity contribution in [3.05, 3.63) is 64.0 Å². The van der Waals surface area contributed by atoms with E-state index in [-0.39, 0.29) is 16.9 Å². The molecule has 0 unspecified atom stereocenters. The van der Waals surface area contributed by atoms with Gasteiger partial charge in [0.1, 0.15) is 5.69 Å². The third-order valence-electron chi connectivity index (χ3n) is 4.07. The van der Waals surface area contributed by atoms with E-state index in [1.807, 2.05) is 4.90 Å². The minimum absolute atomic E-state index is 0.141. The van der Waals surface area contributed by atoms with Gasteiger partial charge in [-0.1, -0.05) is 6.07 Å². The van der Waals surface area contributed by atoms with Crippen molar-refractivity contribution in [1.82, 2.24) is 15.8 Å². The molecule has 9 nitrogen and oxygen atoms in total. The minimum Gasteiger partial charge on any atom is -0.371 e. The van der Waals surface area contributed by atoms with Gasteiger partial charge >= 0.3 is 0 Å². The number of hydrogen-bond donors (Lipinski definition) is 2. The average molecular weight is 355 g/mol. The molecule has 3 rings (SSSR count). The lowest BCUT2D eigenvalue weighted by Crippen LogP contribution is -2.42. The van der Waals surface area contributed by atoms with Gasteiger partial charge in [-0.05, 0) is 31.0 Å². The van der Waals surface area contributed by atoms with Crippen LogP contribution in [-0.2, 0) is 0 Å². The van der Waals surface area contributed by atoms with Crippen LogP contribution in [0, 0.1) is 10.1 Å². The van der Waals surface area contributed by atoms with Crippen molar-refractivity contribution >= 4 is 23.2 Å². The number of anilines is 1. The third-order valence-corrected chi connectivity index (χ3v) is 4.07. The Bertz CT molecular complexity index is 834. The number of pyridine rings is 1. The fourth-order valence-electron chi connectivity index (χ4n) is 2.80. The molecule has 1 aromatic heterocycles. The Morgan fingerprint density at radius 1 is 1.08 bits per heavy atom. The SMILES string of the molecule is O=C(NNC(=O)c1cc([N+](=O)[O-])ccc1N1CCCC1)c1ccccn1. The zero-order valence-electron chi connectivity index (χ0n) is 13.8. The van der Waals surface area contributed by atoms with Gasteiger partial charge in [-0.25, -0.2) is 0 Å². The summed E-state index contributed by atoms with van der Waals surface area (Å²) in [4.78, 5) is 40.9. The van der Waals surface area contributed by atoms with Crippen LogP contribution < -0.4 is 15.8 Å². The van der Waals surface area contributed by atoms with Crippen LogP contribution in [0.15, 0.2) is 42.6 Å². The van der Waals surface area contributed by atoms with Gasteiger partial charge in [0.15, 0.2) is 0 Å². The van der Waals surface area contributed by atoms with Crippen molar-refractivity contribution < 1.29 is 14.5 Å². The van der Waals surface area contributed by atoms with E-state index in [1.165, 1.54) is 24.4 Å². The number of hydrogen-bond acceptors (Lipinski definition) is 6. The molecule has 134 valence electrons. The summed E-state index contributed by atoms with van der Waals surface area (Å²) in [5.41, 5.74) is 5.28. The molecule has 0 aliphatic carbocycles. The van der Waals surface area contributed by atoms with Gasteiger partial charge in [-0.2, -0.15) is 0 Å². The summed E-state index contributed by atoms with van der Waals surface area (Å²) in [6, 6.07) is 8.98. The molecule has 0 atom stereocenters. The van der Waals surface area contributed by atoms with Crippen LogP contribution >= 0.6 is 0 Å². The quantitative estimate of drug-likeness (QED) is 0.636. The predicted octanol–water partition coefficient (Wildman–Crippen LogP) is 1.66. The molecule has 1 aliphatic heterocycles. The zero-order valence-corrected chi connectivity index (χ0v) is 13.8. The first-order valence-corrected chi connectivity index (χ1v) is 8.11. The lowest BCUT2D eigenvalue weighted by Gasteiger charge is -2.20. The number of nitrogens with one attached hydrogen (secondary N) is 2. The van der Waals surface area contributed by atoms with Crippen LogP contribution in [0.25, 0.3) is 0 Å². The molecule has 1 fully saturated rings. The number of rotatable bonds is 4. The molecule has 2 aromatic rings. The van der Waals surface area contributed by atoms with Crippen LogP contribution in [0.2, 0.25) is 0 Å². The Hall–Kier alpha value is -3.49.